The van der Waals surface area contributed by atoms with Gasteiger partial charge in [0.25, 0.3) is 0 Å². The summed E-state index contributed by atoms with van der Waals surface area (Å²) in [5.74, 6) is 0.722. The molecular weight excluding hydrogens is 462 g/mol. The van der Waals surface area contributed by atoms with Crippen molar-refractivity contribution in [3.05, 3.63) is 70.8 Å². The lowest BCUT2D eigenvalue weighted by molar-refractivity contribution is -0.122. The van der Waals surface area contributed by atoms with Gasteiger partial charge in [-0.2, -0.15) is 0 Å². The van der Waals surface area contributed by atoms with Crippen LogP contribution in [0.1, 0.15) is 100 Å². The Hall–Kier alpha value is -3.08. The summed E-state index contributed by atoms with van der Waals surface area (Å²) >= 11 is 0. The Bertz CT molecular complexity index is 997. The van der Waals surface area contributed by atoms with Gasteiger partial charge in [-0.3, -0.25) is 19.2 Å². The van der Waals surface area contributed by atoms with Crippen molar-refractivity contribution in [2.24, 2.45) is 5.92 Å². The molecule has 2 rings (SSSR count). The Kier molecular flexibility index (Phi) is 15.7. The molecule has 1 N–H and O–H groups in total. The minimum atomic E-state index is 0.0191. The largest absolute Gasteiger partial charge is 0.355 e. The first-order valence-electron chi connectivity index (χ1n) is 13.7. The molecule has 1 amide bonds. The highest BCUT2D eigenvalue weighted by Crippen LogP contribution is 2.16. The number of nitrogens with one attached hydrogen (secondary N) is 1. The van der Waals surface area contributed by atoms with E-state index in [4.69, 9.17) is 0 Å². The molecule has 0 aliphatic heterocycles. The maximum atomic E-state index is 12.2. The lowest BCUT2D eigenvalue weighted by Gasteiger charge is -2.10. The molecule has 0 aromatic heterocycles. The number of carbonyl (C=O) groups excluding carboxylic acids is 4. The number of Topliss-reactive ketones (excluding diaryl/α,β-unsaturated/α-hetero) is 3. The molecule has 0 aliphatic carbocycles. The van der Waals surface area contributed by atoms with Crippen LogP contribution in [-0.4, -0.2) is 29.8 Å². The highest BCUT2D eigenvalue weighted by molar-refractivity contribution is 5.97. The van der Waals surface area contributed by atoms with Crippen LogP contribution in [0.5, 0.6) is 0 Å². The second kappa shape index (κ2) is 18.2. The molecule has 5 heteroatoms. The maximum Gasteiger partial charge on any atom is 0.224 e. The van der Waals surface area contributed by atoms with Crippen LogP contribution in [-0.2, 0) is 33.6 Å². The summed E-state index contributed by atoms with van der Waals surface area (Å²) in [4.78, 5) is 46.2. The van der Waals surface area contributed by atoms with E-state index in [-0.39, 0.29) is 29.2 Å². The topological polar surface area (TPSA) is 80.3 Å². The summed E-state index contributed by atoms with van der Waals surface area (Å²) in [6.07, 6.45) is 6.26. The molecule has 1 unspecified atom stereocenters. The van der Waals surface area contributed by atoms with E-state index < -0.39 is 0 Å². The molecule has 0 radical (unpaired) electrons. The average molecular weight is 508 g/mol. The highest BCUT2D eigenvalue weighted by Gasteiger charge is 2.12. The second-order valence-electron chi connectivity index (χ2n) is 9.62. The molecule has 0 saturated heterocycles. The summed E-state index contributed by atoms with van der Waals surface area (Å²) in [5.41, 5.74) is 4.02. The van der Waals surface area contributed by atoms with E-state index in [1.165, 1.54) is 5.56 Å². The lowest BCUT2D eigenvalue weighted by Crippen LogP contribution is -2.27. The van der Waals surface area contributed by atoms with Crippen molar-refractivity contribution in [3.63, 3.8) is 0 Å². The fourth-order valence-electron chi connectivity index (χ4n) is 3.91. The fourth-order valence-corrected chi connectivity index (χ4v) is 3.91. The third-order valence-electron chi connectivity index (χ3n) is 6.35. The van der Waals surface area contributed by atoms with Crippen LogP contribution in [0.3, 0.4) is 0 Å². The van der Waals surface area contributed by atoms with Crippen molar-refractivity contribution in [2.75, 3.05) is 6.54 Å². The molecule has 2 aromatic rings. The van der Waals surface area contributed by atoms with E-state index >= 15 is 0 Å². The first-order valence-corrected chi connectivity index (χ1v) is 13.7. The Morgan fingerprint density at radius 2 is 1.51 bits per heavy atom. The number of ketones is 3. The van der Waals surface area contributed by atoms with Gasteiger partial charge in [-0.25, -0.2) is 0 Å². The zero-order valence-corrected chi connectivity index (χ0v) is 23.4. The van der Waals surface area contributed by atoms with Gasteiger partial charge in [-0.1, -0.05) is 76.2 Å². The van der Waals surface area contributed by atoms with E-state index in [9.17, 15) is 19.2 Å². The van der Waals surface area contributed by atoms with Crippen LogP contribution in [0.15, 0.2) is 48.5 Å². The molecule has 37 heavy (non-hydrogen) atoms. The first-order chi connectivity index (χ1) is 17.7. The smallest absolute Gasteiger partial charge is 0.224 e. The number of benzene rings is 2. The molecule has 0 fully saturated rings. The maximum absolute atomic E-state index is 12.2. The van der Waals surface area contributed by atoms with Crippen LogP contribution >= 0.6 is 0 Å². The number of aryl methyl sites for hydroxylation is 1. The van der Waals surface area contributed by atoms with Crippen molar-refractivity contribution < 1.29 is 19.2 Å². The van der Waals surface area contributed by atoms with Crippen molar-refractivity contribution in [1.82, 2.24) is 5.32 Å². The highest BCUT2D eigenvalue weighted by atomic mass is 16.2. The average Bonchev–Trinajstić information content (AvgIpc) is 2.88. The van der Waals surface area contributed by atoms with Crippen LogP contribution in [0.25, 0.3) is 0 Å². The first kappa shape index (κ1) is 31.9. The van der Waals surface area contributed by atoms with Gasteiger partial charge in [0.05, 0.1) is 6.42 Å². The zero-order valence-electron chi connectivity index (χ0n) is 23.4. The summed E-state index contributed by atoms with van der Waals surface area (Å²) in [7, 11) is 0. The number of hydrogen-bond acceptors (Lipinski definition) is 4. The fraction of sp³-hybridized carbons (Fsp3) is 0.500. The van der Waals surface area contributed by atoms with Gasteiger partial charge < -0.3 is 5.32 Å². The van der Waals surface area contributed by atoms with Gasteiger partial charge in [0.1, 0.15) is 11.6 Å². The summed E-state index contributed by atoms with van der Waals surface area (Å²) in [5, 5.41) is 2.97. The normalized spacial score (nSPS) is 11.2. The van der Waals surface area contributed by atoms with Crippen molar-refractivity contribution in [3.8, 4) is 0 Å². The number of hydrogen-bond donors (Lipinski definition) is 1. The van der Waals surface area contributed by atoms with Gasteiger partial charge in [0, 0.05) is 37.3 Å². The molecule has 0 saturated carbocycles. The predicted molar refractivity (Wildman–Crippen MR) is 151 cm³/mol. The third-order valence-corrected chi connectivity index (χ3v) is 6.35. The molecule has 1 atom stereocenters. The quantitative estimate of drug-likeness (QED) is 0.279. The van der Waals surface area contributed by atoms with Crippen LogP contribution in [0.4, 0.5) is 0 Å². The summed E-state index contributed by atoms with van der Waals surface area (Å²) in [6, 6.07) is 15.9. The lowest BCUT2D eigenvalue weighted by atomic mass is 9.96. The minimum absolute atomic E-state index is 0.0191. The monoisotopic (exact) mass is 507 g/mol. The van der Waals surface area contributed by atoms with Crippen LogP contribution in [0, 0.1) is 5.92 Å². The van der Waals surface area contributed by atoms with E-state index in [0.717, 1.165) is 42.4 Å². The Morgan fingerprint density at radius 1 is 0.838 bits per heavy atom. The number of amides is 1. The second-order valence-corrected chi connectivity index (χ2v) is 9.62. The molecule has 5 nitrogen and oxygen atoms in total. The van der Waals surface area contributed by atoms with Crippen molar-refractivity contribution in [1.29, 1.82) is 0 Å². The van der Waals surface area contributed by atoms with E-state index in [1.807, 2.05) is 64.1 Å². The molecule has 0 heterocycles. The van der Waals surface area contributed by atoms with Gasteiger partial charge in [0.15, 0.2) is 5.78 Å². The molecule has 0 aliphatic rings. The van der Waals surface area contributed by atoms with Gasteiger partial charge in [0.2, 0.25) is 5.91 Å². The summed E-state index contributed by atoms with van der Waals surface area (Å²) < 4.78 is 0. The molecule has 0 spiro atoms. The Balaban J connectivity index is 0.000000482. The van der Waals surface area contributed by atoms with E-state index in [0.29, 0.717) is 38.6 Å². The summed E-state index contributed by atoms with van der Waals surface area (Å²) in [6.45, 7) is 10.1. The Morgan fingerprint density at radius 3 is 2.11 bits per heavy atom. The minimum Gasteiger partial charge on any atom is -0.355 e. The van der Waals surface area contributed by atoms with Crippen LogP contribution in [0.2, 0.25) is 0 Å². The number of rotatable bonds is 15. The molecule has 0 bridgehead atoms. The number of carbonyl (C=O) groups is 4. The van der Waals surface area contributed by atoms with Crippen molar-refractivity contribution >= 4 is 23.3 Å². The standard InChI is InChI=1S/C22H27NO2.C10H18O2/c1-3-8-21(24)20-12-11-18(15-19(20)4-2)16-22(25)23-14-13-17-9-6-5-7-10-17;1-4-5-10(12)7-6-8(2)9(3)11/h5-7,9-12,15H,3-4,8,13-14,16H2,1-2H3,(H,23,25);8H,4-7H2,1-3H3. The van der Waals surface area contributed by atoms with Gasteiger partial charge >= 0.3 is 0 Å². The van der Waals surface area contributed by atoms with Gasteiger partial charge in [-0.05, 0) is 55.7 Å². The molecular formula is C32H45NO4. The SMILES string of the molecule is CCCC(=O)CCC(C)C(C)=O.CCCC(=O)c1ccc(CC(=O)NCCc2ccccc2)cc1CC. The molecule has 2 aromatic carbocycles. The predicted octanol–water partition coefficient (Wildman–Crippen LogP) is 6.49. The van der Waals surface area contributed by atoms with Crippen molar-refractivity contribution in [2.45, 2.75) is 92.4 Å². The Labute approximate surface area is 223 Å². The molecule has 202 valence electrons. The van der Waals surface area contributed by atoms with E-state index in [2.05, 4.69) is 17.4 Å². The van der Waals surface area contributed by atoms with Gasteiger partial charge in [-0.15, -0.1) is 0 Å². The zero-order chi connectivity index (χ0) is 27.6. The van der Waals surface area contributed by atoms with E-state index in [1.54, 1.807) is 6.92 Å². The van der Waals surface area contributed by atoms with Crippen LogP contribution < -0.4 is 5.32 Å². The third kappa shape index (κ3) is 13.2.